The molecule has 0 amide bonds. The van der Waals surface area contributed by atoms with E-state index in [1.807, 2.05) is 42.5 Å². The third-order valence-electron chi connectivity index (χ3n) is 4.91. The number of aliphatic hydroxyl groups is 1. The van der Waals surface area contributed by atoms with Gasteiger partial charge in [-0.1, -0.05) is 36.4 Å². The number of aliphatic hydroxyl groups excluding tert-OH is 1. The molecule has 1 saturated heterocycles. The molecule has 0 aliphatic carbocycles. The normalized spacial score (nSPS) is 17.6. The highest BCUT2D eigenvalue weighted by Crippen LogP contribution is 2.32. The van der Waals surface area contributed by atoms with Gasteiger partial charge in [0.15, 0.2) is 0 Å². The van der Waals surface area contributed by atoms with Crippen LogP contribution in [0.1, 0.15) is 30.1 Å². The van der Waals surface area contributed by atoms with Crippen LogP contribution >= 0.6 is 0 Å². The molecule has 0 saturated carbocycles. The highest BCUT2D eigenvalue weighted by Gasteiger charge is 2.26. The number of hydrogen-bond acceptors (Lipinski definition) is 4. The molecule has 0 bridgehead atoms. The molecule has 4 nitrogen and oxygen atoms in total. The maximum Gasteiger partial charge on any atom is 0.123 e. The minimum absolute atomic E-state index is 0.279. The first-order valence-corrected chi connectivity index (χ1v) is 8.48. The quantitative estimate of drug-likeness (QED) is 0.884. The van der Waals surface area contributed by atoms with Gasteiger partial charge in [0, 0.05) is 18.2 Å². The number of hydrogen-bond donors (Lipinski definition) is 2. The molecule has 0 radical (unpaired) electrons. The van der Waals surface area contributed by atoms with Crippen molar-refractivity contribution in [3.63, 3.8) is 0 Å². The lowest BCUT2D eigenvalue weighted by atomic mass is 9.87. The van der Waals surface area contributed by atoms with Gasteiger partial charge in [0.25, 0.3) is 0 Å². The number of phenols is 1. The zero-order valence-electron chi connectivity index (χ0n) is 14.1. The van der Waals surface area contributed by atoms with Crippen LogP contribution in [0.4, 0.5) is 0 Å². The molecule has 0 aromatic heterocycles. The Kier molecular flexibility index (Phi) is 5.38. The number of methoxy groups -OCH3 is 1. The second-order valence-corrected chi connectivity index (χ2v) is 6.46. The van der Waals surface area contributed by atoms with Gasteiger partial charge in [-0.05, 0) is 43.5 Å². The summed E-state index contributed by atoms with van der Waals surface area (Å²) in [5.41, 5.74) is 1.92. The van der Waals surface area contributed by atoms with E-state index in [-0.39, 0.29) is 11.9 Å². The molecule has 128 valence electrons. The standard InChI is InChI=1S/C20H25NO3/c1-24-18-8-7-17(19(22)13-18)14-21-11-9-16(10-12-21)20(23)15-5-3-2-4-6-15/h2-8,13,16,20,22-23H,9-12,14H2,1H3. The van der Waals surface area contributed by atoms with Crippen molar-refractivity contribution in [1.29, 1.82) is 0 Å². The molecule has 1 fully saturated rings. The molecule has 2 aromatic carbocycles. The maximum absolute atomic E-state index is 10.6. The van der Waals surface area contributed by atoms with Crippen molar-refractivity contribution in [2.45, 2.75) is 25.5 Å². The molecule has 4 heteroatoms. The van der Waals surface area contributed by atoms with Crippen LogP contribution in [0.15, 0.2) is 48.5 Å². The first-order valence-electron chi connectivity index (χ1n) is 8.48. The Morgan fingerprint density at radius 2 is 1.83 bits per heavy atom. The molecule has 1 atom stereocenters. The number of piperidine rings is 1. The van der Waals surface area contributed by atoms with Gasteiger partial charge in [-0.3, -0.25) is 4.90 Å². The largest absolute Gasteiger partial charge is 0.507 e. The van der Waals surface area contributed by atoms with Crippen molar-refractivity contribution in [3.05, 3.63) is 59.7 Å². The number of rotatable bonds is 5. The van der Waals surface area contributed by atoms with E-state index in [0.717, 1.165) is 43.6 Å². The summed E-state index contributed by atoms with van der Waals surface area (Å²) in [6.07, 6.45) is 1.54. The van der Waals surface area contributed by atoms with E-state index in [4.69, 9.17) is 4.74 Å². The predicted octanol–water partition coefficient (Wildman–Crippen LogP) is 3.35. The summed E-state index contributed by atoms with van der Waals surface area (Å²) in [5.74, 6) is 1.25. The Morgan fingerprint density at radius 1 is 1.12 bits per heavy atom. The summed E-state index contributed by atoms with van der Waals surface area (Å²) in [5, 5.41) is 20.6. The number of ether oxygens (including phenoxy) is 1. The lowest BCUT2D eigenvalue weighted by Crippen LogP contribution is -2.35. The third kappa shape index (κ3) is 3.89. The fourth-order valence-corrected chi connectivity index (χ4v) is 3.39. The number of likely N-dealkylation sites (tertiary alicyclic amines) is 1. The molecular formula is C20H25NO3. The Hall–Kier alpha value is -2.04. The lowest BCUT2D eigenvalue weighted by Gasteiger charge is -2.34. The average molecular weight is 327 g/mol. The average Bonchev–Trinajstić information content (AvgIpc) is 2.64. The Labute approximate surface area is 143 Å². The van der Waals surface area contributed by atoms with Gasteiger partial charge in [-0.15, -0.1) is 0 Å². The van der Waals surface area contributed by atoms with Gasteiger partial charge in [0.05, 0.1) is 13.2 Å². The highest BCUT2D eigenvalue weighted by atomic mass is 16.5. The van der Waals surface area contributed by atoms with Crippen LogP contribution in [-0.2, 0) is 6.54 Å². The molecule has 1 aliphatic rings. The van der Waals surface area contributed by atoms with E-state index in [1.165, 1.54) is 0 Å². The van der Waals surface area contributed by atoms with Crippen molar-refractivity contribution in [1.82, 2.24) is 4.90 Å². The van der Waals surface area contributed by atoms with Crippen molar-refractivity contribution >= 4 is 0 Å². The van der Waals surface area contributed by atoms with Crippen LogP contribution in [0.3, 0.4) is 0 Å². The van der Waals surface area contributed by atoms with E-state index in [2.05, 4.69) is 4.90 Å². The first-order chi connectivity index (χ1) is 11.7. The van der Waals surface area contributed by atoms with Crippen molar-refractivity contribution in [2.75, 3.05) is 20.2 Å². The van der Waals surface area contributed by atoms with E-state index >= 15 is 0 Å². The molecule has 1 unspecified atom stereocenters. The van der Waals surface area contributed by atoms with Gasteiger partial charge in [0.1, 0.15) is 11.5 Å². The molecule has 0 spiro atoms. The molecule has 2 aromatic rings. The van der Waals surface area contributed by atoms with Crippen LogP contribution in [0, 0.1) is 5.92 Å². The summed E-state index contributed by atoms with van der Waals surface area (Å²) in [6.45, 7) is 2.59. The molecule has 2 N–H and O–H groups in total. The van der Waals surface area contributed by atoms with E-state index < -0.39 is 0 Å². The zero-order valence-corrected chi connectivity index (χ0v) is 14.1. The first kappa shape index (κ1) is 16.8. The molecule has 3 rings (SSSR count). The van der Waals surface area contributed by atoms with Crippen molar-refractivity contribution < 1.29 is 14.9 Å². The van der Waals surface area contributed by atoms with E-state index in [9.17, 15) is 10.2 Å². The van der Waals surface area contributed by atoms with E-state index in [1.54, 1.807) is 13.2 Å². The van der Waals surface area contributed by atoms with E-state index in [0.29, 0.717) is 11.7 Å². The van der Waals surface area contributed by atoms with Gasteiger partial charge in [-0.25, -0.2) is 0 Å². The highest BCUT2D eigenvalue weighted by molar-refractivity contribution is 5.39. The topological polar surface area (TPSA) is 52.9 Å². The van der Waals surface area contributed by atoms with Gasteiger partial charge >= 0.3 is 0 Å². The zero-order chi connectivity index (χ0) is 16.9. The molecule has 1 aliphatic heterocycles. The number of benzene rings is 2. The smallest absolute Gasteiger partial charge is 0.123 e. The maximum atomic E-state index is 10.6. The fraction of sp³-hybridized carbons (Fsp3) is 0.400. The monoisotopic (exact) mass is 327 g/mol. The molecule has 24 heavy (non-hydrogen) atoms. The minimum Gasteiger partial charge on any atom is -0.507 e. The van der Waals surface area contributed by atoms with Crippen LogP contribution in [0.2, 0.25) is 0 Å². The van der Waals surface area contributed by atoms with Crippen molar-refractivity contribution in [3.8, 4) is 11.5 Å². The Balaban J connectivity index is 1.55. The number of phenolic OH excluding ortho intramolecular Hbond substituents is 1. The Bertz CT molecular complexity index is 651. The van der Waals surface area contributed by atoms with Crippen LogP contribution in [0.25, 0.3) is 0 Å². The Morgan fingerprint density at radius 3 is 2.46 bits per heavy atom. The van der Waals surface area contributed by atoms with Crippen LogP contribution in [0.5, 0.6) is 11.5 Å². The SMILES string of the molecule is COc1ccc(CN2CCC(C(O)c3ccccc3)CC2)c(O)c1. The third-order valence-corrected chi connectivity index (χ3v) is 4.91. The van der Waals surface area contributed by atoms with Crippen molar-refractivity contribution in [2.24, 2.45) is 5.92 Å². The molecule has 1 heterocycles. The van der Waals surface area contributed by atoms with Crippen LogP contribution in [-0.4, -0.2) is 35.3 Å². The van der Waals surface area contributed by atoms with Gasteiger partial charge < -0.3 is 14.9 Å². The molecular weight excluding hydrogens is 302 g/mol. The minimum atomic E-state index is -0.386. The summed E-state index contributed by atoms with van der Waals surface area (Å²) in [6, 6.07) is 15.3. The summed E-state index contributed by atoms with van der Waals surface area (Å²) in [4.78, 5) is 2.33. The summed E-state index contributed by atoms with van der Waals surface area (Å²) >= 11 is 0. The second-order valence-electron chi connectivity index (χ2n) is 6.46. The van der Waals surface area contributed by atoms with Gasteiger partial charge in [0.2, 0.25) is 0 Å². The summed E-state index contributed by atoms with van der Waals surface area (Å²) in [7, 11) is 1.59. The number of aromatic hydroxyl groups is 1. The lowest BCUT2D eigenvalue weighted by molar-refractivity contribution is 0.0565. The van der Waals surface area contributed by atoms with Crippen LogP contribution < -0.4 is 4.74 Å². The fourth-order valence-electron chi connectivity index (χ4n) is 3.39. The predicted molar refractivity (Wildman–Crippen MR) is 94.1 cm³/mol. The summed E-state index contributed by atoms with van der Waals surface area (Å²) < 4.78 is 5.12. The number of nitrogens with zero attached hydrogens (tertiary/aromatic N) is 1. The second kappa shape index (κ2) is 7.69. The van der Waals surface area contributed by atoms with Gasteiger partial charge in [-0.2, -0.15) is 0 Å².